The van der Waals surface area contributed by atoms with Gasteiger partial charge in [-0.25, -0.2) is 0 Å². The zero-order chi connectivity index (χ0) is 36.7. The molecule has 6 atom stereocenters. The van der Waals surface area contributed by atoms with Gasteiger partial charge in [0.05, 0.1) is 13.2 Å². The van der Waals surface area contributed by atoms with E-state index in [1.165, 1.54) is 116 Å². The Kier molecular flexibility index (Phi) is 30.2. The van der Waals surface area contributed by atoms with E-state index in [1.54, 1.807) is 0 Å². The second-order valence-corrected chi connectivity index (χ2v) is 14.5. The smallest absolute Gasteiger partial charge is 0.306 e. The SMILES string of the molecule is CCCCCCCCCCCCCCCCCCCCCCCCC(=O)OC(COC(=O)CCCCC)COC1OC(CO)C(O)C(O)C1O. The summed E-state index contributed by atoms with van der Waals surface area (Å²) in [5.74, 6) is -0.825. The molecule has 4 N–H and O–H groups in total. The lowest BCUT2D eigenvalue weighted by Gasteiger charge is -2.39. The summed E-state index contributed by atoms with van der Waals surface area (Å²) < 4.78 is 21.8. The summed E-state index contributed by atoms with van der Waals surface area (Å²) in [5.41, 5.74) is 0. The highest BCUT2D eigenvalue weighted by Crippen LogP contribution is 2.23. The molecule has 0 amide bonds. The lowest BCUT2D eigenvalue weighted by Crippen LogP contribution is -2.59. The van der Waals surface area contributed by atoms with Gasteiger partial charge in [0.2, 0.25) is 0 Å². The summed E-state index contributed by atoms with van der Waals surface area (Å²) in [5, 5.41) is 39.7. The van der Waals surface area contributed by atoms with Gasteiger partial charge in [0.25, 0.3) is 0 Å². The van der Waals surface area contributed by atoms with Crippen molar-refractivity contribution in [1.82, 2.24) is 0 Å². The van der Waals surface area contributed by atoms with Crippen molar-refractivity contribution in [3.05, 3.63) is 0 Å². The van der Waals surface area contributed by atoms with Gasteiger partial charge in [0.1, 0.15) is 31.0 Å². The zero-order valence-corrected chi connectivity index (χ0v) is 31.9. The molecule has 1 heterocycles. The van der Waals surface area contributed by atoms with Crippen molar-refractivity contribution in [3.8, 4) is 0 Å². The summed E-state index contributed by atoms with van der Waals surface area (Å²) in [6, 6.07) is 0. The quantitative estimate of drug-likeness (QED) is 0.0383. The van der Waals surface area contributed by atoms with E-state index in [2.05, 4.69) is 6.92 Å². The van der Waals surface area contributed by atoms with E-state index in [0.717, 1.165) is 32.1 Å². The van der Waals surface area contributed by atoms with Gasteiger partial charge in [-0.3, -0.25) is 9.59 Å². The molecular formula is C40H76O10. The number of aliphatic hydroxyl groups is 4. The van der Waals surface area contributed by atoms with Crippen LogP contribution in [0.15, 0.2) is 0 Å². The summed E-state index contributed by atoms with van der Waals surface area (Å²) in [7, 11) is 0. The fourth-order valence-electron chi connectivity index (χ4n) is 6.42. The fraction of sp³-hybridized carbons (Fsp3) is 0.950. The third-order valence-corrected chi connectivity index (χ3v) is 9.74. The molecule has 1 aliphatic rings. The molecule has 6 unspecified atom stereocenters. The molecule has 50 heavy (non-hydrogen) atoms. The van der Waals surface area contributed by atoms with Crippen LogP contribution in [0, 0.1) is 0 Å². The standard InChI is InChI=1S/C40H76O10/c1-3-5-7-8-9-10-11-12-13-14-15-16-17-18-19-20-21-22-23-24-25-27-29-36(43)49-33(31-47-35(42)28-26-6-4-2)32-48-40-39(46)38(45)37(44)34(30-41)50-40/h33-34,37-41,44-46H,3-32H2,1-2H3. The molecule has 0 aromatic heterocycles. The van der Waals surface area contributed by atoms with E-state index < -0.39 is 55.4 Å². The fourth-order valence-corrected chi connectivity index (χ4v) is 6.42. The number of unbranched alkanes of at least 4 members (excludes halogenated alkanes) is 23. The van der Waals surface area contributed by atoms with E-state index in [-0.39, 0.29) is 26.1 Å². The first kappa shape index (κ1) is 46.7. The minimum absolute atomic E-state index is 0.215. The van der Waals surface area contributed by atoms with Gasteiger partial charge in [-0.15, -0.1) is 0 Å². The monoisotopic (exact) mass is 717 g/mol. The molecule has 0 radical (unpaired) electrons. The summed E-state index contributed by atoms with van der Waals surface area (Å²) in [6.07, 6.45) is 23.6. The summed E-state index contributed by atoms with van der Waals surface area (Å²) in [4.78, 5) is 24.8. The van der Waals surface area contributed by atoms with Crippen molar-refractivity contribution < 1.29 is 49.0 Å². The molecule has 1 fully saturated rings. The maximum atomic E-state index is 12.6. The van der Waals surface area contributed by atoms with Crippen LogP contribution in [0.25, 0.3) is 0 Å². The van der Waals surface area contributed by atoms with Gasteiger partial charge in [-0.05, 0) is 12.8 Å². The highest BCUT2D eigenvalue weighted by Gasteiger charge is 2.44. The van der Waals surface area contributed by atoms with E-state index in [9.17, 15) is 30.0 Å². The van der Waals surface area contributed by atoms with Crippen LogP contribution in [0.4, 0.5) is 0 Å². The predicted molar refractivity (Wildman–Crippen MR) is 197 cm³/mol. The average Bonchev–Trinajstić information content (AvgIpc) is 3.11. The zero-order valence-electron chi connectivity index (χ0n) is 31.9. The molecule has 0 aromatic rings. The predicted octanol–water partition coefficient (Wildman–Crippen LogP) is 7.83. The summed E-state index contributed by atoms with van der Waals surface area (Å²) in [6.45, 7) is 3.25. The van der Waals surface area contributed by atoms with Crippen molar-refractivity contribution in [3.63, 3.8) is 0 Å². The van der Waals surface area contributed by atoms with Crippen molar-refractivity contribution >= 4 is 11.9 Å². The molecule has 0 saturated carbocycles. The third-order valence-electron chi connectivity index (χ3n) is 9.74. The first-order valence-electron chi connectivity index (χ1n) is 20.6. The number of rotatable bonds is 34. The number of esters is 2. The molecule has 10 heteroatoms. The average molecular weight is 717 g/mol. The maximum absolute atomic E-state index is 12.6. The van der Waals surface area contributed by atoms with Gasteiger partial charge in [0, 0.05) is 12.8 Å². The third kappa shape index (κ3) is 24.0. The molecule has 10 nitrogen and oxygen atoms in total. The van der Waals surface area contributed by atoms with E-state index >= 15 is 0 Å². The Labute approximate surface area is 304 Å². The first-order chi connectivity index (χ1) is 24.3. The Balaban J connectivity index is 2.14. The molecule has 0 spiro atoms. The Morgan fingerprint density at radius 3 is 1.40 bits per heavy atom. The van der Waals surface area contributed by atoms with Gasteiger partial charge in [0.15, 0.2) is 12.4 Å². The van der Waals surface area contributed by atoms with Crippen LogP contribution in [0.5, 0.6) is 0 Å². The lowest BCUT2D eigenvalue weighted by atomic mass is 9.99. The van der Waals surface area contributed by atoms with Crippen molar-refractivity contribution in [2.45, 2.75) is 224 Å². The topological polar surface area (TPSA) is 152 Å². The number of hydrogen-bond acceptors (Lipinski definition) is 10. The molecule has 296 valence electrons. The molecule has 1 aliphatic heterocycles. The van der Waals surface area contributed by atoms with Gasteiger partial charge >= 0.3 is 11.9 Å². The Bertz CT molecular complexity index is 794. The van der Waals surface area contributed by atoms with Crippen LogP contribution in [0.3, 0.4) is 0 Å². The van der Waals surface area contributed by atoms with Crippen LogP contribution in [-0.2, 0) is 28.5 Å². The maximum Gasteiger partial charge on any atom is 0.306 e. The van der Waals surface area contributed by atoms with Crippen LogP contribution in [0.1, 0.15) is 187 Å². The Hall–Kier alpha value is -1.30. The number of ether oxygens (including phenoxy) is 4. The van der Waals surface area contributed by atoms with E-state index in [0.29, 0.717) is 12.8 Å². The molecule has 1 saturated heterocycles. The van der Waals surface area contributed by atoms with Crippen LogP contribution < -0.4 is 0 Å². The minimum atomic E-state index is -1.59. The van der Waals surface area contributed by atoms with Crippen LogP contribution in [-0.4, -0.2) is 89.0 Å². The first-order valence-corrected chi connectivity index (χ1v) is 20.6. The second kappa shape index (κ2) is 32.4. The largest absolute Gasteiger partial charge is 0.462 e. The Morgan fingerprint density at radius 2 is 0.940 bits per heavy atom. The summed E-state index contributed by atoms with van der Waals surface area (Å²) >= 11 is 0. The highest BCUT2D eigenvalue weighted by molar-refractivity contribution is 5.70. The molecule has 0 bridgehead atoms. The normalized spacial score (nSPS) is 21.3. The minimum Gasteiger partial charge on any atom is -0.462 e. The van der Waals surface area contributed by atoms with Crippen molar-refractivity contribution in [2.24, 2.45) is 0 Å². The molecule has 0 aromatic carbocycles. The van der Waals surface area contributed by atoms with Gasteiger partial charge < -0.3 is 39.4 Å². The highest BCUT2D eigenvalue weighted by atomic mass is 16.7. The van der Waals surface area contributed by atoms with E-state index in [1.807, 2.05) is 6.92 Å². The number of carbonyl (C=O) groups is 2. The van der Waals surface area contributed by atoms with Gasteiger partial charge in [-0.2, -0.15) is 0 Å². The van der Waals surface area contributed by atoms with Crippen LogP contribution in [0.2, 0.25) is 0 Å². The van der Waals surface area contributed by atoms with Crippen molar-refractivity contribution in [1.29, 1.82) is 0 Å². The van der Waals surface area contributed by atoms with Crippen LogP contribution >= 0.6 is 0 Å². The second-order valence-electron chi connectivity index (χ2n) is 14.5. The molecule has 1 rings (SSSR count). The number of carbonyl (C=O) groups excluding carboxylic acids is 2. The van der Waals surface area contributed by atoms with Crippen molar-refractivity contribution in [2.75, 3.05) is 19.8 Å². The number of aliphatic hydroxyl groups excluding tert-OH is 4. The van der Waals surface area contributed by atoms with Gasteiger partial charge in [-0.1, -0.05) is 162 Å². The number of hydrogen-bond donors (Lipinski definition) is 4. The molecular weight excluding hydrogens is 640 g/mol. The van der Waals surface area contributed by atoms with E-state index in [4.69, 9.17) is 18.9 Å². The molecule has 0 aliphatic carbocycles. The lowest BCUT2D eigenvalue weighted by molar-refractivity contribution is -0.305. The Morgan fingerprint density at radius 1 is 0.540 bits per heavy atom.